The van der Waals surface area contributed by atoms with Gasteiger partial charge in [0.15, 0.2) is 0 Å². The van der Waals surface area contributed by atoms with Crippen LogP contribution in [0.4, 0.5) is 0 Å². The Bertz CT molecular complexity index is 356. The normalized spacial score (nSPS) is 24.1. The molecule has 17 heavy (non-hydrogen) atoms. The van der Waals surface area contributed by atoms with E-state index in [1.165, 1.54) is 19.3 Å². The Morgan fingerprint density at radius 2 is 2.12 bits per heavy atom. The van der Waals surface area contributed by atoms with Crippen LogP contribution >= 0.6 is 11.6 Å². The number of nitrogens with two attached hydrogens (primary N) is 1. The van der Waals surface area contributed by atoms with Gasteiger partial charge < -0.3 is 10.5 Å². The number of rotatable bonds is 5. The van der Waals surface area contributed by atoms with Crippen LogP contribution in [-0.2, 0) is 11.3 Å². The molecule has 0 radical (unpaired) electrons. The fraction of sp³-hybridized carbons (Fsp3) is 0.571. The quantitative estimate of drug-likeness (QED) is 0.875. The molecular weight excluding hydrogens is 234 g/mol. The predicted molar refractivity (Wildman–Crippen MR) is 71.0 cm³/mol. The van der Waals surface area contributed by atoms with E-state index in [-0.39, 0.29) is 0 Å². The van der Waals surface area contributed by atoms with Gasteiger partial charge in [-0.15, -0.1) is 0 Å². The van der Waals surface area contributed by atoms with Crippen LogP contribution in [0.3, 0.4) is 0 Å². The highest BCUT2D eigenvalue weighted by Gasteiger charge is 2.25. The van der Waals surface area contributed by atoms with Gasteiger partial charge in [-0.3, -0.25) is 0 Å². The van der Waals surface area contributed by atoms with E-state index in [0.717, 1.165) is 23.7 Å². The summed E-state index contributed by atoms with van der Waals surface area (Å²) >= 11 is 5.92. The molecule has 1 aromatic rings. The van der Waals surface area contributed by atoms with Gasteiger partial charge >= 0.3 is 0 Å². The number of hydrogen-bond acceptors (Lipinski definition) is 2. The van der Waals surface area contributed by atoms with Crippen molar-refractivity contribution in [1.82, 2.24) is 0 Å². The average molecular weight is 254 g/mol. The van der Waals surface area contributed by atoms with Crippen LogP contribution in [-0.4, -0.2) is 13.2 Å². The molecule has 1 aliphatic carbocycles. The monoisotopic (exact) mass is 253 g/mol. The zero-order valence-electron chi connectivity index (χ0n) is 10.1. The van der Waals surface area contributed by atoms with E-state index in [2.05, 4.69) is 0 Å². The molecule has 0 spiro atoms. The fourth-order valence-electron chi connectivity index (χ4n) is 2.60. The molecule has 0 bridgehead atoms. The van der Waals surface area contributed by atoms with Gasteiger partial charge in [0.05, 0.1) is 13.2 Å². The highest BCUT2D eigenvalue weighted by atomic mass is 35.5. The standard InChI is InChI=1S/C14H20ClNO/c15-14-6-1-3-11(7-14)9-17-10-13-5-2-4-12(13)8-16/h1,3,6-7,12-13H,2,4-5,8-10,16H2. The van der Waals surface area contributed by atoms with E-state index < -0.39 is 0 Å². The third-order valence-electron chi connectivity index (χ3n) is 3.61. The molecule has 0 saturated heterocycles. The van der Waals surface area contributed by atoms with Crippen molar-refractivity contribution < 1.29 is 4.74 Å². The first-order valence-electron chi connectivity index (χ1n) is 6.32. The van der Waals surface area contributed by atoms with Crippen LogP contribution < -0.4 is 5.73 Å². The Balaban J connectivity index is 1.76. The number of halogens is 1. The van der Waals surface area contributed by atoms with Crippen molar-refractivity contribution in [3.8, 4) is 0 Å². The zero-order valence-corrected chi connectivity index (χ0v) is 10.8. The van der Waals surface area contributed by atoms with E-state index in [9.17, 15) is 0 Å². The molecule has 0 amide bonds. The fourth-order valence-corrected chi connectivity index (χ4v) is 2.81. The van der Waals surface area contributed by atoms with E-state index in [0.29, 0.717) is 18.4 Å². The lowest BCUT2D eigenvalue weighted by Crippen LogP contribution is -2.22. The van der Waals surface area contributed by atoms with Gasteiger partial charge in [0.25, 0.3) is 0 Å². The Kier molecular flexibility index (Phi) is 4.84. The summed E-state index contributed by atoms with van der Waals surface area (Å²) in [4.78, 5) is 0. The maximum atomic E-state index is 5.92. The van der Waals surface area contributed by atoms with Gasteiger partial charge in [-0.2, -0.15) is 0 Å². The average Bonchev–Trinajstić information content (AvgIpc) is 2.77. The van der Waals surface area contributed by atoms with Crippen LogP contribution in [0.2, 0.25) is 5.02 Å². The molecule has 1 aliphatic rings. The lowest BCUT2D eigenvalue weighted by Gasteiger charge is -2.17. The Hall–Kier alpha value is -0.570. The van der Waals surface area contributed by atoms with Gasteiger partial charge in [-0.05, 0) is 48.9 Å². The van der Waals surface area contributed by atoms with Gasteiger partial charge in [0, 0.05) is 5.02 Å². The van der Waals surface area contributed by atoms with Crippen LogP contribution in [0, 0.1) is 11.8 Å². The maximum Gasteiger partial charge on any atom is 0.0717 e. The van der Waals surface area contributed by atoms with Crippen LogP contribution in [0.1, 0.15) is 24.8 Å². The highest BCUT2D eigenvalue weighted by Crippen LogP contribution is 2.31. The van der Waals surface area contributed by atoms with Gasteiger partial charge in [0.1, 0.15) is 0 Å². The number of ether oxygens (including phenoxy) is 1. The van der Waals surface area contributed by atoms with Crippen molar-refractivity contribution >= 4 is 11.6 Å². The third-order valence-corrected chi connectivity index (χ3v) is 3.84. The van der Waals surface area contributed by atoms with Crippen LogP contribution in [0.25, 0.3) is 0 Å². The second-order valence-electron chi connectivity index (χ2n) is 4.83. The number of benzene rings is 1. The molecule has 1 saturated carbocycles. The minimum absolute atomic E-state index is 0.647. The first-order chi connectivity index (χ1) is 8.29. The second kappa shape index (κ2) is 6.39. The summed E-state index contributed by atoms with van der Waals surface area (Å²) in [5.41, 5.74) is 6.89. The van der Waals surface area contributed by atoms with Crippen molar-refractivity contribution in [1.29, 1.82) is 0 Å². The molecule has 2 atom stereocenters. The molecule has 3 heteroatoms. The highest BCUT2D eigenvalue weighted by molar-refractivity contribution is 6.30. The SMILES string of the molecule is NCC1CCCC1COCc1cccc(Cl)c1. The molecule has 0 heterocycles. The molecule has 2 unspecified atom stereocenters. The van der Waals surface area contributed by atoms with Crippen LogP contribution in [0.15, 0.2) is 24.3 Å². The first kappa shape index (κ1) is 12.9. The minimum Gasteiger partial charge on any atom is -0.376 e. The molecule has 2 N–H and O–H groups in total. The van der Waals surface area contributed by atoms with E-state index >= 15 is 0 Å². The third kappa shape index (κ3) is 3.70. The number of hydrogen-bond donors (Lipinski definition) is 1. The van der Waals surface area contributed by atoms with E-state index in [4.69, 9.17) is 22.1 Å². The maximum absolute atomic E-state index is 5.92. The molecule has 1 aromatic carbocycles. The largest absolute Gasteiger partial charge is 0.376 e. The minimum atomic E-state index is 0.647. The zero-order chi connectivity index (χ0) is 12.1. The summed E-state index contributed by atoms with van der Waals surface area (Å²) in [7, 11) is 0. The van der Waals surface area contributed by atoms with Crippen LogP contribution in [0.5, 0.6) is 0 Å². The molecule has 2 rings (SSSR count). The van der Waals surface area contributed by atoms with E-state index in [1.807, 2.05) is 24.3 Å². The molecule has 94 valence electrons. The molecule has 2 nitrogen and oxygen atoms in total. The van der Waals surface area contributed by atoms with Crippen molar-refractivity contribution in [3.05, 3.63) is 34.9 Å². The second-order valence-corrected chi connectivity index (χ2v) is 5.27. The molecule has 0 aromatic heterocycles. The van der Waals surface area contributed by atoms with Gasteiger partial charge in [-0.1, -0.05) is 30.2 Å². The molecular formula is C14H20ClNO. The Morgan fingerprint density at radius 1 is 1.29 bits per heavy atom. The first-order valence-corrected chi connectivity index (χ1v) is 6.69. The Morgan fingerprint density at radius 3 is 2.88 bits per heavy atom. The summed E-state index contributed by atoms with van der Waals surface area (Å²) < 4.78 is 5.78. The molecule has 0 aliphatic heterocycles. The summed E-state index contributed by atoms with van der Waals surface area (Å²) in [5, 5.41) is 0.770. The van der Waals surface area contributed by atoms with Gasteiger partial charge in [0.2, 0.25) is 0 Å². The van der Waals surface area contributed by atoms with Crippen molar-refractivity contribution in [3.63, 3.8) is 0 Å². The lowest BCUT2D eigenvalue weighted by molar-refractivity contribution is 0.0753. The topological polar surface area (TPSA) is 35.2 Å². The van der Waals surface area contributed by atoms with Gasteiger partial charge in [-0.25, -0.2) is 0 Å². The summed E-state index contributed by atoms with van der Waals surface area (Å²) in [6, 6.07) is 7.84. The van der Waals surface area contributed by atoms with Crippen molar-refractivity contribution in [2.45, 2.75) is 25.9 Å². The molecule has 1 fully saturated rings. The summed E-state index contributed by atoms with van der Waals surface area (Å²) in [5.74, 6) is 1.31. The summed E-state index contributed by atoms with van der Waals surface area (Å²) in [6.07, 6.45) is 3.83. The lowest BCUT2D eigenvalue weighted by atomic mass is 9.97. The smallest absolute Gasteiger partial charge is 0.0717 e. The van der Waals surface area contributed by atoms with Crippen molar-refractivity contribution in [2.24, 2.45) is 17.6 Å². The summed E-state index contributed by atoms with van der Waals surface area (Å²) in [6.45, 7) is 2.27. The predicted octanol–water partition coefficient (Wildman–Crippen LogP) is 3.23. The van der Waals surface area contributed by atoms with E-state index in [1.54, 1.807) is 0 Å². The Labute approximate surface area is 108 Å². The van der Waals surface area contributed by atoms with Crippen molar-refractivity contribution in [2.75, 3.05) is 13.2 Å².